The number of aromatic nitrogens is 2. The van der Waals surface area contributed by atoms with E-state index in [0.29, 0.717) is 0 Å². The highest BCUT2D eigenvalue weighted by Crippen LogP contribution is 2.13. The highest BCUT2D eigenvalue weighted by molar-refractivity contribution is 7.89. The summed E-state index contributed by atoms with van der Waals surface area (Å²) in [4.78, 5) is 0. The number of aromatic amines is 1. The topological polar surface area (TPSA) is 104 Å². The third kappa shape index (κ3) is 3.50. The minimum atomic E-state index is -3.71. The average molecular weight is 263 g/mol. The van der Waals surface area contributed by atoms with E-state index in [4.69, 9.17) is 9.84 Å². The number of rotatable bonds is 6. The van der Waals surface area contributed by atoms with Crippen LogP contribution in [-0.4, -0.2) is 43.0 Å². The zero-order chi connectivity index (χ0) is 13.1. The van der Waals surface area contributed by atoms with Gasteiger partial charge < -0.3 is 9.84 Å². The molecule has 0 aliphatic rings. The van der Waals surface area contributed by atoms with Crippen molar-refractivity contribution in [1.29, 1.82) is 0 Å². The maximum absolute atomic E-state index is 11.9. The van der Waals surface area contributed by atoms with Crippen LogP contribution < -0.4 is 4.72 Å². The van der Waals surface area contributed by atoms with E-state index in [1.54, 1.807) is 13.8 Å². The molecule has 98 valence electrons. The normalized spacial score (nSPS) is 12.9. The van der Waals surface area contributed by atoms with E-state index in [9.17, 15) is 8.42 Å². The van der Waals surface area contributed by atoms with Gasteiger partial charge in [0.1, 0.15) is 0 Å². The molecule has 0 fully saturated rings. The molecule has 0 spiro atoms. The van der Waals surface area contributed by atoms with Crippen molar-refractivity contribution in [2.24, 2.45) is 0 Å². The number of hydrogen-bond acceptors (Lipinski definition) is 5. The Bertz CT molecular complexity index is 466. The Morgan fingerprint density at radius 3 is 2.76 bits per heavy atom. The molecule has 1 heterocycles. The first kappa shape index (κ1) is 14.1. The number of hydrogen-bond donors (Lipinski definition) is 3. The zero-order valence-electron chi connectivity index (χ0n) is 10.0. The molecule has 0 aliphatic heterocycles. The van der Waals surface area contributed by atoms with Gasteiger partial charge in [-0.2, -0.15) is 5.10 Å². The van der Waals surface area contributed by atoms with E-state index in [2.05, 4.69) is 14.9 Å². The summed E-state index contributed by atoms with van der Waals surface area (Å²) in [6, 6.07) is 0. The van der Waals surface area contributed by atoms with Crippen LogP contribution in [0.3, 0.4) is 0 Å². The van der Waals surface area contributed by atoms with E-state index in [1.807, 2.05) is 0 Å². The van der Waals surface area contributed by atoms with Crippen LogP contribution >= 0.6 is 0 Å². The van der Waals surface area contributed by atoms with E-state index >= 15 is 0 Å². The van der Waals surface area contributed by atoms with Gasteiger partial charge in [-0.15, -0.1) is 0 Å². The number of methoxy groups -OCH3 is 1. The number of aliphatic hydroxyl groups excluding tert-OH is 1. The van der Waals surface area contributed by atoms with Gasteiger partial charge in [-0.1, -0.05) is 0 Å². The fraction of sp³-hybridized carbons (Fsp3) is 0.667. The summed E-state index contributed by atoms with van der Waals surface area (Å²) >= 11 is 0. The molecule has 7 nitrogen and oxygen atoms in total. The number of ether oxygens (including phenoxy) is 1. The summed E-state index contributed by atoms with van der Waals surface area (Å²) in [7, 11) is -2.21. The van der Waals surface area contributed by atoms with Crippen LogP contribution in [0.25, 0.3) is 0 Å². The van der Waals surface area contributed by atoms with Crippen LogP contribution in [0.2, 0.25) is 0 Å². The number of aliphatic hydroxyl groups is 1. The molecule has 1 aromatic rings. The Labute approximate surface area is 100 Å². The molecule has 0 amide bonds. The summed E-state index contributed by atoms with van der Waals surface area (Å²) < 4.78 is 31.3. The smallest absolute Gasteiger partial charge is 0.257 e. The van der Waals surface area contributed by atoms with Crippen molar-refractivity contribution >= 4 is 10.0 Å². The molecule has 0 atom stereocenters. The molecule has 0 aliphatic carbocycles. The average Bonchev–Trinajstić information content (AvgIpc) is 2.75. The van der Waals surface area contributed by atoms with E-state index in [0.717, 1.165) is 0 Å². The largest absolute Gasteiger partial charge is 0.392 e. The summed E-state index contributed by atoms with van der Waals surface area (Å²) in [6.07, 6.45) is 1.27. The monoisotopic (exact) mass is 263 g/mol. The molecule has 0 saturated heterocycles. The molecule has 1 aromatic heterocycles. The molecule has 0 aromatic carbocycles. The van der Waals surface area contributed by atoms with Gasteiger partial charge in [0, 0.05) is 19.2 Å². The Kier molecular flexibility index (Phi) is 4.26. The molecule has 3 N–H and O–H groups in total. The van der Waals surface area contributed by atoms with Crippen LogP contribution in [0.1, 0.15) is 19.4 Å². The van der Waals surface area contributed by atoms with Gasteiger partial charge in [-0.05, 0) is 13.8 Å². The highest BCUT2D eigenvalue weighted by Gasteiger charge is 2.24. The van der Waals surface area contributed by atoms with Crippen LogP contribution in [0.4, 0.5) is 0 Å². The quantitative estimate of drug-likeness (QED) is 0.648. The second kappa shape index (κ2) is 5.13. The Hall–Kier alpha value is -0.960. The van der Waals surface area contributed by atoms with Gasteiger partial charge >= 0.3 is 0 Å². The van der Waals surface area contributed by atoms with Crippen LogP contribution in [-0.2, 0) is 21.4 Å². The number of sulfonamides is 1. The van der Waals surface area contributed by atoms with Crippen molar-refractivity contribution in [1.82, 2.24) is 14.9 Å². The van der Waals surface area contributed by atoms with Crippen LogP contribution in [0, 0.1) is 0 Å². The standard InChI is InChI=1S/C9H17N3O4S/c1-9(2,16-3)6-11-17(14,15)8-7(5-13)4-10-12-8/h4,11,13H,5-6H2,1-3H3,(H,10,12). The van der Waals surface area contributed by atoms with Gasteiger partial charge in [-0.25, -0.2) is 13.1 Å². The van der Waals surface area contributed by atoms with Gasteiger partial charge in [-0.3, -0.25) is 5.10 Å². The SMILES string of the molecule is COC(C)(C)CNS(=O)(=O)c1[nH]ncc1CO. The lowest BCUT2D eigenvalue weighted by atomic mass is 10.1. The van der Waals surface area contributed by atoms with Crippen molar-refractivity contribution in [2.75, 3.05) is 13.7 Å². The number of nitrogens with one attached hydrogen (secondary N) is 2. The Balaban J connectivity index is 2.83. The minimum absolute atomic E-state index is 0.119. The first-order valence-corrected chi connectivity index (χ1v) is 6.48. The maximum Gasteiger partial charge on any atom is 0.257 e. The fourth-order valence-corrected chi connectivity index (χ4v) is 2.37. The molecule has 0 radical (unpaired) electrons. The predicted octanol–water partition coefficient (Wildman–Crippen LogP) is -0.395. The summed E-state index contributed by atoms with van der Waals surface area (Å²) in [5.74, 6) is 0. The summed E-state index contributed by atoms with van der Waals surface area (Å²) in [6.45, 7) is 3.25. The zero-order valence-corrected chi connectivity index (χ0v) is 10.8. The number of H-pyrrole nitrogens is 1. The van der Waals surface area contributed by atoms with Crippen molar-refractivity contribution in [2.45, 2.75) is 31.1 Å². The van der Waals surface area contributed by atoms with Crippen molar-refractivity contribution in [3.8, 4) is 0 Å². The molecular formula is C9H17N3O4S. The van der Waals surface area contributed by atoms with Gasteiger partial charge in [0.25, 0.3) is 10.0 Å². The van der Waals surface area contributed by atoms with Gasteiger partial charge in [0.15, 0.2) is 5.03 Å². The first-order chi connectivity index (χ1) is 7.82. The van der Waals surface area contributed by atoms with Crippen molar-refractivity contribution in [3.63, 3.8) is 0 Å². The predicted molar refractivity (Wildman–Crippen MR) is 60.8 cm³/mol. The lowest BCUT2D eigenvalue weighted by Gasteiger charge is -2.22. The first-order valence-electron chi connectivity index (χ1n) is 5.00. The summed E-state index contributed by atoms with van der Waals surface area (Å²) in [5, 5.41) is 14.8. The van der Waals surface area contributed by atoms with E-state index < -0.39 is 15.6 Å². The lowest BCUT2D eigenvalue weighted by molar-refractivity contribution is 0.0276. The second-order valence-corrected chi connectivity index (χ2v) is 5.87. The maximum atomic E-state index is 11.9. The van der Waals surface area contributed by atoms with Gasteiger partial charge in [0.05, 0.1) is 18.4 Å². The van der Waals surface area contributed by atoms with Crippen LogP contribution in [0.5, 0.6) is 0 Å². The van der Waals surface area contributed by atoms with Crippen molar-refractivity contribution < 1.29 is 18.3 Å². The highest BCUT2D eigenvalue weighted by atomic mass is 32.2. The van der Waals surface area contributed by atoms with Gasteiger partial charge in [0.2, 0.25) is 0 Å². The molecule has 1 rings (SSSR count). The van der Waals surface area contributed by atoms with E-state index in [1.165, 1.54) is 13.3 Å². The van der Waals surface area contributed by atoms with Crippen molar-refractivity contribution in [3.05, 3.63) is 11.8 Å². The minimum Gasteiger partial charge on any atom is -0.392 e. The van der Waals surface area contributed by atoms with E-state index in [-0.39, 0.29) is 23.7 Å². The molecule has 0 unspecified atom stereocenters. The third-order valence-electron chi connectivity index (χ3n) is 2.36. The fourth-order valence-electron chi connectivity index (χ4n) is 1.06. The number of nitrogens with zero attached hydrogens (tertiary/aromatic N) is 1. The molecule has 0 bridgehead atoms. The summed E-state index contributed by atoms with van der Waals surface area (Å²) in [5.41, 5.74) is -0.375. The second-order valence-electron chi connectivity index (χ2n) is 4.17. The molecule has 17 heavy (non-hydrogen) atoms. The lowest BCUT2D eigenvalue weighted by Crippen LogP contribution is -2.40. The molecular weight excluding hydrogens is 246 g/mol. The third-order valence-corrected chi connectivity index (χ3v) is 3.77. The Morgan fingerprint density at radius 2 is 2.24 bits per heavy atom. The molecule has 8 heteroatoms. The van der Waals surface area contributed by atoms with Crippen LogP contribution in [0.15, 0.2) is 11.2 Å². The Morgan fingerprint density at radius 1 is 1.59 bits per heavy atom. The molecule has 0 saturated carbocycles.